The lowest BCUT2D eigenvalue weighted by atomic mass is 9.88. The average Bonchev–Trinajstić information content (AvgIpc) is 2.57. The van der Waals surface area contributed by atoms with E-state index in [0.717, 1.165) is 11.6 Å². The Kier molecular flexibility index (Phi) is 4.31. The van der Waals surface area contributed by atoms with Crippen molar-refractivity contribution in [3.05, 3.63) is 35.4 Å². The molecule has 3 N–H and O–H groups in total. The van der Waals surface area contributed by atoms with Crippen molar-refractivity contribution in [2.24, 2.45) is 5.92 Å². The smallest absolute Gasteiger partial charge is 0.204 e. The number of rotatable bonds is 4. The highest BCUT2D eigenvalue weighted by molar-refractivity contribution is 6.05. The molecule has 1 aliphatic rings. The molecule has 1 heterocycles. The molecule has 0 aliphatic carbocycles. The van der Waals surface area contributed by atoms with Crippen molar-refractivity contribution in [3.8, 4) is 34.5 Å². The maximum absolute atomic E-state index is 12.8. The first-order valence-corrected chi connectivity index (χ1v) is 7.62. The number of hydrogen-bond donors (Lipinski definition) is 3. The number of phenols is 3. The van der Waals surface area contributed by atoms with Crippen molar-refractivity contribution < 1.29 is 34.3 Å². The monoisotopic (exact) mass is 346 g/mol. The number of methoxy groups -OCH3 is 2. The first-order chi connectivity index (χ1) is 12.0. The average molecular weight is 346 g/mol. The molecule has 0 saturated heterocycles. The van der Waals surface area contributed by atoms with E-state index in [1.165, 1.54) is 20.3 Å². The van der Waals surface area contributed by atoms with Crippen LogP contribution in [-0.2, 0) is 6.42 Å². The van der Waals surface area contributed by atoms with Crippen molar-refractivity contribution >= 4 is 5.78 Å². The second-order valence-corrected chi connectivity index (χ2v) is 5.73. The zero-order valence-electron chi connectivity index (χ0n) is 13.8. The third kappa shape index (κ3) is 2.88. The molecule has 0 aromatic heterocycles. The highest BCUT2D eigenvalue weighted by Gasteiger charge is 2.35. The first-order valence-electron chi connectivity index (χ1n) is 7.62. The summed E-state index contributed by atoms with van der Waals surface area (Å²) < 4.78 is 15.6. The van der Waals surface area contributed by atoms with Crippen LogP contribution < -0.4 is 14.2 Å². The predicted octanol–water partition coefficient (Wildman–Crippen LogP) is 2.25. The largest absolute Gasteiger partial charge is 0.507 e. The van der Waals surface area contributed by atoms with Gasteiger partial charge in [0.15, 0.2) is 28.8 Å². The summed E-state index contributed by atoms with van der Waals surface area (Å²) >= 11 is 0. The fourth-order valence-corrected chi connectivity index (χ4v) is 2.95. The van der Waals surface area contributed by atoms with Crippen LogP contribution in [0, 0.1) is 5.92 Å². The molecule has 0 spiro atoms. The number of ether oxygens (including phenoxy) is 3. The number of hydrogen-bond acceptors (Lipinski definition) is 7. The van der Waals surface area contributed by atoms with Crippen LogP contribution in [0.3, 0.4) is 0 Å². The molecule has 3 rings (SSSR count). The summed E-state index contributed by atoms with van der Waals surface area (Å²) in [6.07, 6.45) is 0.318. The molecule has 1 unspecified atom stereocenters. The number of ketones is 1. The van der Waals surface area contributed by atoms with Crippen LogP contribution in [0.5, 0.6) is 34.5 Å². The summed E-state index contributed by atoms with van der Waals surface area (Å²) in [6, 6.07) is 5.95. The molecule has 0 saturated carbocycles. The van der Waals surface area contributed by atoms with Crippen molar-refractivity contribution in [1.29, 1.82) is 0 Å². The standard InChI is InChI=1S/C18H18O7/c1-23-14-4-3-9(6-11(14)19)5-10-8-25-18-15(16(10)22)12(20)7-13(21)17(18)24-2/h3-4,6-7,10,19-21H,5,8H2,1-2H3. The summed E-state index contributed by atoms with van der Waals surface area (Å²) in [6.45, 7) is 0.0673. The van der Waals surface area contributed by atoms with Crippen LogP contribution in [0.25, 0.3) is 0 Å². The van der Waals surface area contributed by atoms with E-state index in [2.05, 4.69) is 0 Å². The third-order valence-electron chi connectivity index (χ3n) is 4.17. The minimum atomic E-state index is -0.541. The maximum atomic E-state index is 12.8. The minimum Gasteiger partial charge on any atom is -0.507 e. The summed E-state index contributed by atoms with van der Waals surface area (Å²) in [7, 11) is 2.79. The lowest BCUT2D eigenvalue weighted by Gasteiger charge is -2.26. The van der Waals surface area contributed by atoms with Crippen molar-refractivity contribution in [2.75, 3.05) is 20.8 Å². The Balaban J connectivity index is 1.91. The van der Waals surface area contributed by atoms with Gasteiger partial charge < -0.3 is 29.5 Å². The van der Waals surface area contributed by atoms with Gasteiger partial charge in [0.05, 0.1) is 26.7 Å². The van der Waals surface area contributed by atoms with Gasteiger partial charge in [-0.05, 0) is 24.1 Å². The topological polar surface area (TPSA) is 105 Å². The van der Waals surface area contributed by atoms with Crippen LogP contribution in [0.2, 0.25) is 0 Å². The maximum Gasteiger partial charge on any atom is 0.204 e. The Morgan fingerprint density at radius 3 is 2.48 bits per heavy atom. The van der Waals surface area contributed by atoms with Gasteiger partial charge >= 0.3 is 0 Å². The SMILES string of the molecule is COc1ccc(CC2COc3c(OC)c(O)cc(O)c3C2=O)cc1O. The van der Waals surface area contributed by atoms with Gasteiger partial charge in [-0.3, -0.25) is 4.79 Å². The zero-order valence-corrected chi connectivity index (χ0v) is 13.8. The van der Waals surface area contributed by atoms with E-state index in [4.69, 9.17) is 14.2 Å². The number of Topliss-reactive ketones (excluding diaryl/α,β-unsaturated/α-hetero) is 1. The van der Waals surface area contributed by atoms with E-state index in [0.29, 0.717) is 12.2 Å². The Morgan fingerprint density at radius 2 is 1.84 bits per heavy atom. The lowest BCUT2D eigenvalue weighted by Crippen LogP contribution is -2.30. The molecule has 0 radical (unpaired) electrons. The van der Waals surface area contributed by atoms with E-state index in [9.17, 15) is 20.1 Å². The molecule has 1 atom stereocenters. The second-order valence-electron chi connectivity index (χ2n) is 5.73. The summed E-state index contributed by atoms with van der Waals surface area (Å²) in [5.74, 6) is -1.13. The minimum absolute atomic E-state index is 0.0105. The van der Waals surface area contributed by atoms with E-state index >= 15 is 0 Å². The first kappa shape index (κ1) is 16.8. The molecular formula is C18H18O7. The molecule has 25 heavy (non-hydrogen) atoms. The Hall–Kier alpha value is -3.09. The molecule has 132 valence electrons. The molecule has 0 bridgehead atoms. The summed E-state index contributed by atoms with van der Waals surface area (Å²) in [4.78, 5) is 12.8. The zero-order chi connectivity index (χ0) is 18.1. The molecule has 1 aliphatic heterocycles. The van der Waals surface area contributed by atoms with Gasteiger partial charge in [0.1, 0.15) is 11.3 Å². The number of carbonyl (C=O) groups excluding carboxylic acids is 1. The molecule has 0 amide bonds. The van der Waals surface area contributed by atoms with Gasteiger partial charge in [-0.15, -0.1) is 0 Å². The van der Waals surface area contributed by atoms with Gasteiger partial charge in [0.2, 0.25) is 5.75 Å². The van der Waals surface area contributed by atoms with E-state index < -0.39 is 5.92 Å². The predicted molar refractivity (Wildman–Crippen MR) is 88.0 cm³/mol. The van der Waals surface area contributed by atoms with Crippen molar-refractivity contribution in [2.45, 2.75) is 6.42 Å². The van der Waals surface area contributed by atoms with Crippen LogP contribution in [-0.4, -0.2) is 41.9 Å². The number of fused-ring (bicyclic) bond motifs is 1. The second kappa shape index (κ2) is 6.43. The molecule has 0 fully saturated rings. The molecular weight excluding hydrogens is 328 g/mol. The van der Waals surface area contributed by atoms with Crippen LogP contribution in [0.4, 0.5) is 0 Å². The van der Waals surface area contributed by atoms with Crippen molar-refractivity contribution in [3.63, 3.8) is 0 Å². The summed E-state index contributed by atoms with van der Waals surface area (Å²) in [5, 5.41) is 29.7. The Labute approximate surface area is 144 Å². The number of phenolic OH excluding ortho intramolecular Hbond substituents is 3. The van der Waals surface area contributed by atoms with Gasteiger partial charge in [-0.1, -0.05) is 6.07 Å². The quantitative estimate of drug-likeness (QED) is 0.780. The highest BCUT2D eigenvalue weighted by atomic mass is 16.5. The molecule has 7 nitrogen and oxygen atoms in total. The van der Waals surface area contributed by atoms with Crippen molar-refractivity contribution in [1.82, 2.24) is 0 Å². The Bertz CT molecular complexity index is 829. The molecule has 7 heteroatoms. The fourth-order valence-electron chi connectivity index (χ4n) is 2.95. The van der Waals surface area contributed by atoms with E-state index in [-0.39, 0.29) is 46.7 Å². The van der Waals surface area contributed by atoms with Crippen LogP contribution >= 0.6 is 0 Å². The van der Waals surface area contributed by atoms with Gasteiger partial charge in [0, 0.05) is 6.07 Å². The number of aromatic hydroxyl groups is 3. The van der Waals surface area contributed by atoms with Gasteiger partial charge in [0.25, 0.3) is 0 Å². The summed E-state index contributed by atoms with van der Waals surface area (Å²) in [5.41, 5.74) is 0.720. The number of benzene rings is 2. The van der Waals surface area contributed by atoms with E-state index in [1.54, 1.807) is 12.1 Å². The molecule has 2 aromatic rings. The normalized spacial score (nSPS) is 16.1. The fraction of sp³-hybridized carbons (Fsp3) is 0.278. The Morgan fingerprint density at radius 1 is 1.08 bits per heavy atom. The third-order valence-corrected chi connectivity index (χ3v) is 4.17. The number of carbonyl (C=O) groups is 1. The molecule has 2 aromatic carbocycles. The lowest BCUT2D eigenvalue weighted by molar-refractivity contribution is 0.0820. The van der Waals surface area contributed by atoms with E-state index in [1.807, 2.05) is 0 Å². The van der Waals surface area contributed by atoms with Gasteiger partial charge in [-0.25, -0.2) is 0 Å². The van der Waals surface area contributed by atoms with Crippen LogP contribution in [0.1, 0.15) is 15.9 Å². The van der Waals surface area contributed by atoms with Crippen LogP contribution in [0.15, 0.2) is 24.3 Å². The highest BCUT2D eigenvalue weighted by Crippen LogP contribution is 2.47. The van der Waals surface area contributed by atoms with Gasteiger partial charge in [-0.2, -0.15) is 0 Å².